The van der Waals surface area contributed by atoms with Crippen LogP contribution in [-0.2, 0) is 0 Å². The van der Waals surface area contributed by atoms with E-state index in [-0.39, 0.29) is 24.9 Å². The van der Waals surface area contributed by atoms with Crippen LogP contribution >= 0.6 is 0 Å². The summed E-state index contributed by atoms with van der Waals surface area (Å²) in [6.07, 6.45) is 0. The molecular formula is C21H18FNO3. The van der Waals surface area contributed by atoms with Gasteiger partial charge < -0.3 is 14.8 Å². The number of benzene rings is 3. The van der Waals surface area contributed by atoms with Crippen molar-refractivity contribution in [2.45, 2.75) is 0 Å². The molecule has 0 saturated carbocycles. The molecule has 0 heterocycles. The van der Waals surface area contributed by atoms with Crippen molar-refractivity contribution in [3.63, 3.8) is 0 Å². The van der Waals surface area contributed by atoms with Gasteiger partial charge in [-0.05, 0) is 36.4 Å². The van der Waals surface area contributed by atoms with Crippen LogP contribution in [0.5, 0.6) is 11.5 Å². The van der Waals surface area contributed by atoms with Crippen molar-refractivity contribution in [3.8, 4) is 11.5 Å². The second-order valence-electron chi connectivity index (χ2n) is 5.47. The van der Waals surface area contributed by atoms with Crippen LogP contribution in [0.25, 0.3) is 0 Å². The Morgan fingerprint density at radius 3 is 2.38 bits per heavy atom. The summed E-state index contributed by atoms with van der Waals surface area (Å²) in [7, 11) is 0. The number of rotatable bonds is 7. The van der Waals surface area contributed by atoms with Gasteiger partial charge in [0.05, 0.1) is 5.56 Å². The van der Waals surface area contributed by atoms with Crippen molar-refractivity contribution in [1.82, 2.24) is 0 Å². The van der Waals surface area contributed by atoms with E-state index >= 15 is 0 Å². The third-order valence-electron chi connectivity index (χ3n) is 3.57. The molecule has 3 aromatic rings. The Morgan fingerprint density at radius 2 is 1.58 bits per heavy atom. The van der Waals surface area contributed by atoms with Gasteiger partial charge in [-0.3, -0.25) is 4.79 Å². The van der Waals surface area contributed by atoms with E-state index in [4.69, 9.17) is 9.47 Å². The summed E-state index contributed by atoms with van der Waals surface area (Å²) < 4.78 is 24.2. The topological polar surface area (TPSA) is 47.6 Å². The van der Waals surface area contributed by atoms with E-state index in [1.54, 1.807) is 36.4 Å². The van der Waals surface area contributed by atoms with Crippen LogP contribution in [0, 0.1) is 5.82 Å². The molecule has 0 fully saturated rings. The zero-order valence-corrected chi connectivity index (χ0v) is 14.0. The van der Waals surface area contributed by atoms with Crippen molar-refractivity contribution in [1.29, 1.82) is 0 Å². The van der Waals surface area contributed by atoms with Crippen LogP contribution < -0.4 is 14.8 Å². The highest BCUT2D eigenvalue weighted by Crippen LogP contribution is 2.20. The van der Waals surface area contributed by atoms with E-state index in [0.29, 0.717) is 22.7 Å². The lowest BCUT2D eigenvalue weighted by atomic mass is 10.2. The molecule has 132 valence electrons. The van der Waals surface area contributed by atoms with Crippen LogP contribution in [0.15, 0.2) is 78.9 Å². The molecule has 4 nitrogen and oxygen atoms in total. The second kappa shape index (κ2) is 8.67. The van der Waals surface area contributed by atoms with Gasteiger partial charge >= 0.3 is 0 Å². The summed E-state index contributed by atoms with van der Waals surface area (Å²) in [5, 5.41) is 2.83. The number of ether oxygens (including phenoxy) is 2. The van der Waals surface area contributed by atoms with Gasteiger partial charge in [-0.15, -0.1) is 0 Å². The molecule has 1 N–H and O–H groups in total. The number of hydrogen-bond acceptors (Lipinski definition) is 3. The lowest BCUT2D eigenvalue weighted by Gasteiger charge is -2.12. The maximum absolute atomic E-state index is 13.1. The Balaban J connectivity index is 1.57. The van der Waals surface area contributed by atoms with Crippen molar-refractivity contribution >= 4 is 11.6 Å². The first-order chi connectivity index (χ1) is 12.7. The molecule has 0 aliphatic carbocycles. The highest BCUT2D eigenvalue weighted by Gasteiger charge is 2.12. The molecule has 1 amide bonds. The Bertz CT molecular complexity index is 868. The summed E-state index contributed by atoms with van der Waals surface area (Å²) in [5.41, 5.74) is 1.14. The molecule has 0 saturated heterocycles. The molecule has 0 spiro atoms. The maximum atomic E-state index is 13.1. The predicted octanol–water partition coefficient (Wildman–Crippen LogP) is 4.54. The summed E-state index contributed by atoms with van der Waals surface area (Å²) in [5.74, 6) is 0.289. The number of nitrogens with one attached hydrogen (secondary N) is 1. The summed E-state index contributed by atoms with van der Waals surface area (Å²) >= 11 is 0. The number of amides is 1. The average molecular weight is 351 g/mol. The van der Waals surface area contributed by atoms with E-state index in [9.17, 15) is 9.18 Å². The maximum Gasteiger partial charge on any atom is 0.259 e. The van der Waals surface area contributed by atoms with Gasteiger partial charge in [0, 0.05) is 11.8 Å². The minimum Gasteiger partial charge on any atom is -0.490 e. The van der Waals surface area contributed by atoms with E-state index in [2.05, 4.69) is 5.32 Å². The van der Waals surface area contributed by atoms with Gasteiger partial charge in [-0.25, -0.2) is 4.39 Å². The lowest BCUT2D eigenvalue weighted by molar-refractivity contribution is 0.102. The quantitative estimate of drug-likeness (QED) is 0.636. The third kappa shape index (κ3) is 4.83. The minimum absolute atomic E-state index is 0.228. The van der Waals surface area contributed by atoms with Gasteiger partial charge in [0.15, 0.2) is 0 Å². The SMILES string of the molecule is O=C(Nc1ccccc1)c1ccccc1OCCOc1cccc(F)c1. The van der Waals surface area contributed by atoms with Crippen LogP contribution in [0.2, 0.25) is 0 Å². The first-order valence-corrected chi connectivity index (χ1v) is 8.19. The number of anilines is 1. The van der Waals surface area contributed by atoms with E-state index < -0.39 is 0 Å². The van der Waals surface area contributed by atoms with Crippen LogP contribution in [0.3, 0.4) is 0 Å². The molecule has 0 aliphatic heterocycles. The van der Waals surface area contributed by atoms with Crippen molar-refractivity contribution in [2.75, 3.05) is 18.5 Å². The average Bonchev–Trinajstić information content (AvgIpc) is 2.66. The summed E-state index contributed by atoms with van der Waals surface area (Å²) in [4.78, 5) is 12.5. The van der Waals surface area contributed by atoms with E-state index in [1.165, 1.54) is 12.1 Å². The van der Waals surface area contributed by atoms with Crippen molar-refractivity contribution in [3.05, 3.63) is 90.2 Å². The van der Waals surface area contributed by atoms with E-state index in [0.717, 1.165) is 0 Å². The molecule has 0 bridgehead atoms. The first-order valence-electron chi connectivity index (χ1n) is 8.19. The van der Waals surface area contributed by atoms with Gasteiger partial charge in [0.1, 0.15) is 30.5 Å². The Kier molecular flexibility index (Phi) is 5.83. The minimum atomic E-state index is -0.355. The number of para-hydroxylation sites is 2. The molecule has 0 unspecified atom stereocenters. The molecule has 0 aliphatic rings. The Hall–Kier alpha value is -3.34. The lowest BCUT2D eigenvalue weighted by Crippen LogP contribution is -2.15. The highest BCUT2D eigenvalue weighted by molar-refractivity contribution is 6.06. The van der Waals surface area contributed by atoms with Crippen LogP contribution in [0.4, 0.5) is 10.1 Å². The van der Waals surface area contributed by atoms with Crippen molar-refractivity contribution < 1.29 is 18.7 Å². The Labute approximate surface area is 151 Å². The highest BCUT2D eigenvalue weighted by atomic mass is 19.1. The molecular weight excluding hydrogens is 333 g/mol. The van der Waals surface area contributed by atoms with Gasteiger partial charge in [-0.2, -0.15) is 0 Å². The number of carbonyl (C=O) groups excluding carboxylic acids is 1. The van der Waals surface area contributed by atoms with Crippen molar-refractivity contribution in [2.24, 2.45) is 0 Å². The molecule has 3 rings (SSSR count). The smallest absolute Gasteiger partial charge is 0.259 e. The molecule has 5 heteroatoms. The largest absolute Gasteiger partial charge is 0.490 e. The Morgan fingerprint density at radius 1 is 0.846 bits per heavy atom. The fourth-order valence-corrected chi connectivity index (χ4v) is 2.37. The van der Waals surface area contributed by atoms with E-state index in [1.807, 2.05) is 30.3 Å². The summed E-state index contributed by atoms with van der Waals surface area (Å²) in [6.45, 7) is 0.463. The number of hydrogen-bond donors (Lipinski definition) is 1. The molecule has 0 radical (unpaired) electrons. The molecule has 0 atom stereocenters. The van der Waals surface area contributed by atoms with Gasteiger partial charge in [0.25, 0.3) is 5.91 Å². The number of carbonyl (C=O) groups is 1. The predicted molar refractivity (Wildman–Crippen MR) is 98.2 cm³/mol. The van der Waals surface area contributed by atoms with Gasteiger partial charge in [0.2, 0.25) is 0 Å². The number of halogens is 1. The fourth-order valence-electron chi connectivity index (χ4n) is 2.37. The van der Waals surface area contributed by atoms with Crippen LogP contribution in [-0.4, -0.2) is 19.1 Å². The zero-order chi connectivity index (χ0) is 18.2. The summed E-state index contributed by atoms with van der Waals surface area (Å²) in [6, 6.07) is 22.1. The third-order valence-corrected chi connectivity index (χ3v) is 3.57. The van der Waals surface area contributed by atoms with Gasteiger partial charge in [-0.1, -0.05) is 36.4 Å². The zero-order valence-electron chi connectivity index (χ0n) is 14.0. The molecule has 26 heavy (non-hydrogen) atoms. The second-order valence-corrected chi connectivity index (χ2v) is 5.47. The van der Waals surface area contributed by atoms with Crippen LogP contribution in [0.1, 0.15) is 10.4 Å². The first kappa shape index (κ1) is 17.5. The molecule has 3 aromatic carbocycles. The molecule has 0 aromatic heterocycles. The normalized spacial score (nSPS) is 10.2. The standard InChI is InChI=1S/C21H18FNO3/c22-16-7-6-10-18(15-16)25-13-14-26-20-12-5-4-11-19(20)21(24)23-17-8-2-1-3-9-17/h1-12,15H,13-14H2,(H,23,24). The fraction of sp³-hybridized carbons (Fsp3) is 0.0952. The monoisotopic (exact) mass is 351 g/mol.